The molecule has 0 saturated carbocycles. The highest BCUT2D eigenvalue weighted by atomic mass is 15.5. The average Bonchev–Trinajstić information content (AvgIpc) is 2.74. The predicted octanol–water partition coefficient (Wildman–Crippen LogP) is 4.56. The Hall–Kier alpha value is -3.20. The Morgan fingerprint density at radius 3 is 1.85 bits per heavy atom. The van der Waals surface area contributed by atoms with Gasteiger partial charge < -0.3 is 0 Å². The number of amidine groups is 1. The minimum absolute atomic E-state index is 0.0741. The monoisotopic (exact) mass is 354 g/mol. The molecule has 1 aliphatic rings. The first kappa shape index (κ1) is 17.2. The van der Waals surface area contributed by atoms with Crippen LogP contribution in [0.5, 0.6) is 0 Å². The average molecular weight is 354 g/mol. The second-order valence-electron chi connectivity index (χ2n) is 6.66. The Morgan fingerprint density at radius 1 is 0.778 bits per heavy atom. The third-order valence-corrected chi connectivity index (χ3v) is 4.96. The van der Waals surface area contributed by atoms with Crippen LogP contribution >= 0.6 is 0 Å². The van der Waals surface area contributed by atoms with Gasteiger partial charge >= 0.3 is 5.84 Å². The van der Waals surface area contributed by atoms with E-state index in [1.165, 1.54) is 11.1 Å². The van der Waals surface area contributed by atoms with Gasteiger partial charge in [-0.1, -0.05) is 84.0 Å². The lowest BCUT2D eigenvalue weighted by atomic mass is 9.94. The number of benzene rings is 3. The Kier molecular flexibility index (Phi) is 4.84. The number of hydrazone groups is 1. The smallest absolute Gasteiger partial charge is 0.247 e. The highest BCUT2D eigenvalue weighted by Crippen LogP contribution is 2.28. The largest absolute Gasteiger partial charge is 0.305 e. The maximum Gasteiger partial charge on any atom is 0.305 e. The van der Waals surface area contributed by atoms with Gasteiger partial charge in [-0.25, -0.2) is 4.58 Å². The zero-order chi connectivity index (χ0) is 18.6. The van der Waals surface area contributed by atoms with E-state index < -0.39 is 0 Å². The molecule has 1 aliphatic heterocycles. The Bertz CT molecular complexity index is 960. The van der Waals surface area contributed by atoms with Crippen LogP contribution in [0, 0.1) is 0 Å². The van der Waals surface area contributed by atoms with Crippen LogP contribution in [0.15, 0.2) is 96.1 Å². The predicted molar refractivity (Wildman–Crippen MR) is 111 cm³/mol. The van der Waals surface area contributed by atoms with Crippen LogP contribution in [0.1, 0.15) is 29.7 Å². The molecule has 4 rings (SSSR count). The summed E-state index contributed by atoms with van der Waals surface area (Å²) >= 11 is 0. The van der Waals surface area contributed by atoms with Crippen LogP contribution in [-0.4, -0.2) is 34.7 Å². The van der Waals surface area contributed by atoms with E-state index in [-0.39, 0.29) is 6.04 Å². The first-order chi connectivity index (χ1) is 13.3. The van der Waals surface area contributed by atoms with Crippen molar-refractivity contribution < 1.29 is 4.58 Å². The van der Waals surface area contributed by atoms with Crippen LogP contribution in [0.25, 0.3) is 0 Å². The van der Waals surface area contributed by atoms with Gasteiger partial charge in [0.25, 0.3) is 0 Å². The van der Waals surface area contributed by atoms with Crippen molar-refractivity contribution in [1.29, 1.82) is 0 Å². The second kappa shape index (κ2) is 7.58. The zero-order valence-corrected chi connectivity index (χ0v) is 15.8. The Morgan fingerprint density at radius 2 is 1.30 bits per heavy atom. The molecule has 0 fully saturated rings. The van der Waals surface area contributed by atoms with E-state index in [4.69, 9.17) is 5.10 Å². The van der Waals surface area contributed by atoms with Gasteiger partial charge in [0.05, 0.1) is 12.1 Å². The molecule has 0 aliphatic carbocycles. The molecule has 134 valence electrons. The molecule has 3 heteroatoms. The first-order valence-corrected chi connectivity index (χ1v) is 9.41. The van der Waals surface area contributed by atoms with Gasteiger partial charge in [0.2, 0.25) is 0 Å². The number of hydrogen-bond donors (Lipinski definition) is 0. The van der Waals surface area contributed by atoms with E-state index in [1.807, 2.05) is 18.1 Å². The molecule has 0 spiro atoms. The van der Waals surface area contributed by atoms with Crippen molar-refractivity contribution in [3.8, 4) is 0 Å². The maximum absolute atomic E-state index is 5.04. The summed E-state index contributed by atoms with van der Waals surface area (Å²) in [4.78, 5) is 0. The third kappa shape index (κ3) is 3.28. The van der Waals surface area contributed by atoms with Crippen molar-refractivity contribution in [2.24, 2.45) is 5.10 Å². The molecular formula is C24H24N3+. The highest BCUT2D eigenvalue weighted by Gasteiger charge is 2.37. The molecule has 0 aromatic heterocycles. The molecule has 0 radical (unpaired) electrons. The highest BCUT2D eigenvalue weighted by molar-refractivity contribution is 6.07. The molecule has 3 nitrogen and oxygen atoms in total. The van der Waals surface area contributed by atoms with Crippen LogP contribution in [0.3, 0.4) is 0 Å². The Labute approximate surface area is 160 Å². The molecule has 0 saturated heterocycles. The Balaban J connectivity index is 1.94. The van der Waals surface area contributed by atoms with E-state index in [1.54, 1.807) is 0 Å². The fraction of sp³-hybridized carbons (Fsp3) is 0.167. The van der Waals surface area contributed by atoms with Gasteiger partial charge in [-0.3, -0.25) is 0 Å². The molecule has 0 N–H and O–H groups in total. The summed E-state index contributed by atoms with van der Waals surface area (Å²) < 4.78 is 2.44. The lowest BCUT2D eigenvalue weighted by molar-refractivity contribution is -0.557. The van der Waals surface area contributed by atoms with Crippen molar-refractivity contribution in [1.82, 2.24) is 5.01 Å². The van der Waals surface area contributed by atoms with Gasteiger partial charge in [0.15, 0.2) is 6.04 Å². The lowest BCUT2D eigenvalue weighted by Gasteiger charge is -2.29. The minimum atomic E-state index is 0.0741. The van der Waals surface area contributed by atoms with E-state index in [0.29, 0.717) is 0 Å². The molecule has 0 bridgehead atoms. The molecule has 1 unspecified atom stereocenters. The van der Waals surface area contributed by atoms with E-state index in [2.05, 4.69) is 96.4 Å². The zero-order valence-electron chi connectivity index (χ0n) is 15.8. The van der Waals surface area contributed by atoms with Gasteiger partial charge in [-0.15, -0.1) is 5.01 Å². The van der Waals surface area contributed by atoms with E-state index >= 15 is 0 Å². The summed E-state index contributed by atoms with van der Waals surface area (Å²) in [6.45, 7) is 3.10. The van der Waals surface area contributed by atoms with Crippen molar-refractivity contribution in [2.75, 3.05) is 13.6 Å². The molecule has 27 heavy (non-hydrogen) atoms. The normalized spacial score (nSPS) is 17.0. The third-order valence-electron chi connectivity index (χ3n) is 4.96. The summed E-state index contributed by atoms with van der Waals surface area (Å²) in [5.74, 6) is 1.13. The van der Waals surface area contributed by atoms with Crippen LogP contribution in [0.4, 0.5) is 0 Å². The molecule has 3 aromatic carbocycles. The maximum atomic E-state index is 5.04. The van der Waals surface area contributed by atoms with Crippen molar-refractivity contribution in [3.63, 3.8) is 0 Å². The number of nitrogens with zero attached hydrogens (tertiary/aromatic N) is 3. The minimum Gasteiger partial charge on any atom is -0.247 e. The summed E-state index contributed by atoms with van der Waals surface area (Å²) in [6, 6.07) is 31.7. The lowest BCUT2D eigenvalue weighted by Crippen LogP contribution is -2.43. The molecule has 1 heterocycles. The standard InChI is InChI=1S/C24H24N3/c1-3-27-23(20-15-9-5-10-16-20)22(19-13-7-4-8-14-19)25-26(2)24(27)21-17-11-6-12-18-21/h4-18,23H,3H2,1-2H3/q+1. The summed E-state index contributed by atoms with van der Waals surface area (Å²) in [5.41, 5.74) is 4.66. The number of rotatable bonds is 4. The van der Waals surface area contributed by atoms with Gasteiger partial charge in [0.1, 0.15) is 12.8 Å². The molecule has 0 amide bonds. The van der Waals surface area contributed by atoms with E-state index in [9.17, 15) is 0 Å². The van der Waals surface area contributed by atoms with Gasteiger partial charge in [0, 0.05) is 11.1 Å². The SMILES string of the molecule is CC[N+]1=C(c2ccccc2)N(C)N=C(c2ccccc2)C1c1ccccc1. The van der Waals surface area contributed by atoms with Crippen molar-refractivity contribution in [2.45, 2.75) is 13.0 Å². The molecular weight excluding hydrogens is 330 g/mol. The quantitative estimate of drug-likeness (QED) is 0.629. The topological polar surface area (TPSA) is 18.6 Å². The summed E-state index contributed by atoms with van der Waals surface area (Å²) in [5, 5.41) is 7.05. The van der Waals surface area contributed by atoms with Crippen LogP contribution < -0.4 is 0 Å². The number of likely N-dealkylation sites (N-methyl/N-ethyl adjacent to an activating group) is 1. The van der Waals surface area contributed by atoms with Crippen molar-refractivity contribution in [3.05, 3.63) is 108 Å². The summed E-state index contributed by atoms with van der Waals surface area (Å²) in [7, 11) is 2.04. The van der Waals surface area contributed by atoms with E-state index in [0.717, 1.165) is 23.7 Å². The van der Waals surface area contributed by atoms with Gasteiger partial charge in [-0.2, -0.15) is 0 Å². The van der Waals surface area contributed by atoms with Crippen LogP contribution in [0.2, 0.25) is 0 Å². The first-order valence-electron chi connectivity index (χ1n) is 9.41. The fourth-order valence-electron chi connectivity index (χ4n) is 3.79. The summed E-state index contributed by atoms with van der Waals surface area (Å²) in [6.07, 6.45) is 0. The second-order valence-corrected chi connectivity index (χ2v) is 6.66. The van der Waals surface area contributed by atoms with Crippen LogP contribution in [-0.2, 0) is 0 Å². The fourth-order valence-corrected chi connectivity index (χ4v) is 3.79. The van der Waals surface area contributed by atoms with Crippen molar-refractivity contribution >= 4 is 11.5 Å². The number of hydrogen-bond acceptors (Lipinski definition) is 2. The molecule has 1 atom stereocenters. The van der Waals surface area contributed by atoms with Gasteiger partial charge in [-0.05, 0) is 19.1 Å². The molecule has 3 aromatic rings.